The second-order valence-electron chi connectivity index (χ2n) is 6.32. The van der Waals surface area contributed by atoms with Gasteiger partial charge in [0.25, 0.3) is 5.91 Å². The molecule has 1 aliphatic rings. The molecule has 0 aliphatic carbocycles. The zero-order valence-electron chi connectivity index (χ0n) is 15.0. The SMILES string of the molecule is COc1ccc(C(=O)N2CCN(c3ccc(Cl)cc3C)C(=O)C2C)cc1. The molecule has 0 radical (unpaired) electrons. The Morgan fingerprint density at radius 1 is 1.15 bits per heavy atom. The molecule has 0 bridgehead atoms. The summed E-state index contributed by atoms with van der Waals surface area (Å²) in [6.07, 6.45) is 0. The number of carbonyl (C=O) groups is 2. The summed E-state index contributed by atoms with van der Waals surface area (Å²) in [4.78, 5) is 29.0. The summed E-state index contributed by atoms with van der Waals surface area (Å²) >= 11 is 6.01. The Kier molecular flexibility index (Phi) is 5.18. The van der Waals surface area contributed by atoms with Crippen LogP contribution in [0.3, 0.4) is 0 Å². The van der Waals surface area contributed by atoms with Crippen LogP contribution in [0.1, 0.15) is 22.8 Å². The van der Waals surface area contributed by atoms with Crippen LogP contribution in [0, 0.1) is 6.92 Å². The Morgan fingerprint density at radius 2 is 1.85 bits per heavy atom. The lowest BCUT2D eigenvalue weighted by Gasteiger charge is -2.39. The van der Waals surface area contributed by atoms with Gasteiger partial charge in [0.1, 0.15) is 11.8 Å². The van der Waals surface area contributed by atoms with E-state index < -0.39 is 6.04 Å². The first-order valence-corrected chi connectivity index (χ1v) is 8.82. The predicted molar refractivity (Wildman–Crippen MR) is 102 cm³/mol. The zero-order chi connectivity index (χ0) is 18.8. The molecule has 1 fully saturated rings. The molecule has 0 saturated carbocycles. The average Bonchev–Trinajstić information content (AvgIpc) is 2.64. The third-order valence-electron chi connectivity index (χ3n) is 4.70. The number of rotatable bonds is 3. The largest absolute Gasteiger partial charge is 0.497 e. The Bertz CT molecular complexity index is 835. The van der Waals surface area contributed by atoms with E-state index >= 15 is 0 Å². The Morgan fingerprint density at radius 3 is 2.46 bits per heavy atom. The molecular formula is C20H21ClN2O3. The molecule has 6 heteroatoms. The molecule has 1 saturated heterocycles. The minimum Gasteiger partial charge on any atom is -0.497 e. The quantitative estimate of drug-likeness (QED) is 0.828. The second-order valence-corrected chi connectivity index (χ2v) is 6.76. The van der Waals surface area contributed by atoms with Crippen molar-refractivity contribution >= 4 is 29.1 Å². The number of amides is 2. The topological polar surface area (TPSA) is 49.9 Å². The number of hydrogen-bond acceptors (Lipinski definition) is 3. The minimum absolute atomic E-state index is 0.0939. The van der Waals surface area contributed by atoms with Crippen molar-refractivity contribution in [2.45, 2.75) is 19.9 Å². The minimum atomic E-state index is -0.534. The molecule has 26 heavy (non-hydrogen) atoms. The van der Waals surface area contributed by atoms with Crippen LogP contribution in [0.5, 0.6) is 5.75 Å². The van der Waals surface area contributed by atoms with Crippen LogP contribution in [0.2, 0.25) is 5.02 Å². The number of benzene rings is 2. The molecule has 1 unspecified atom stereocenters. The van der Waals surface area contributed by atoms with Crippen LogP contribution < -0.4 is 9.64 Å². The lowest BCUT2D eigenvalue weighted by atomic mass is 10.1. The van der Waals surface area contributed by atoms with Gasteiger partial charge < -0.3 is 14.5 Å². The summed E-state index contributed by atoms with van der Waals surface area (Å²) in [5.41, 5.74) is 2.32. The monoisotopic (exact) mass is 372 g/mol. The second kappa shape index (κ2) is 7.38. The molecule has 136 valence electrons. The van der Waals surface area contributed by atoms with Gasteiger partial charge in [-0.25, -0.2) is 0 Å². The predicted octanol–water partition coefficient (Wildman–Crippen LogP) is 3.53. The highest BCUT2D eigenvalue weighted by Crippen LogP contribution is 2.27. The third kappa shape index (κ3) is 3.40. The Balaban J connectivity index is 1.79. The normalized spacial score (nSPS) is 17.4. The number of halogens is 1. The molecule has 1 atom stereocenters. The maximum atomic E-state index is 12.9. The van der Waals surface area contributed by atoms with E-state index in [9.17, 15) is 9.59 Å². The average molecular weight is 373 g/mol. The number of anilines is 1. The van der Waals surface area contributed by atoms with Crippen LogP contribution in [-0.2, 0) is 4.79 Å². The summed E-state index contributed by atoms with van der Waals surface area (Å²) in [6, 6.07) is 11.8. The highest BCUT2D eigenvalue weighted by atomic mass is 35.5. The number of ether oxygens (including phenoxy) is 1. The molecule has 0 aromatic heterocycles. The van der Waals surface area contributed by atoms with E-state index in [0.717, 1.165) is 11.3 Å². The first-order valence-electron chi connectivity index (χ1n) is 8.45. The van der Waals surface area contributed by atoms with Gasteiger partial charge >= 0.3 is 0 Å². The van der Waals surface area contributed by atoms with E-state index in [-0.39, 0.29) is 11.8 Å². The van der Waals surface area contributed by atoms with Gasteiger partial charge in [-0.3, -0.25) is 9.59 Å². The maximum Gasteiger partial charge on any atom is 0.254 e. The van der Waals surface area contributed by atoms with Gasteiger partial charge in [-0.15, -0.1) is 0 Å². The van der Waals surface area contributed by atoms with Crippen molar-refractivity contribution in [1.82, 2.24) is 4.90 Å². The van der Waals surface area contributed by atoms with Crippen molar-refractivity contribution in [2.75, 3.05) is 25.1 Å². The third-order valence-corrected chi connectivity index (χ3v) is 4.94. The summed E-state index contributed by atoms with van der Waals surface area (Å²) < 4.78 is 5.12. The number of carbonyl (C=O) groups excluding carboxylic acids is 2. The van der Waals surface area contributed by atoms with E-state index in [2.05, 4.69) is 0 Å². The lowest BCUT2D eigenvalue weighted by molar-refractivity contribution is -0.124. The maximum absolute atomic E-state index is 12.9. The number of nitrogens with zero attached hydrogens (tertiary/aromatic N) is 2. The van der Waals surface area contributed by atoms with Crippen molar-refractivity contribution in [3.8, 4) is 5.75 Å². The van der Waals surface area contributed by atoms with Crippen molar-refractivity contribution in [1.29, 1.82) is 0 Å². The van der Waals surface area contributed by atoms with Crippen LogP contribution in [0.15, 0.2) is 42.5 Å². The Hall–Kier alpha value is -2.53. The van der Waals surface area contributed by atoms with Gasteiger partial charge in [0.2, 0.25) is 5.91 Å². The Labute approximate surface area is 158 Å². The molecular weight excluding hydrogens is 352 g/mol. The van der Waals surface area contributed by atoms with E-state index in [0.29, 0.717) is 29.4 Å². The summed E-state index contributed by atoms with van der Waals surface area (Å²) in [5, 5.41) is 0.639. The van der Waals surface area contributed by atoms with Gasteiger partial charge in [0, 0.05) is 29.4 Å². The molecule has 2 amide bonds. The molecule has 3 rings (SSSR count). The zero-order valence-corrected chi connectivity index (χ0v) is 15.8. The summed E-state index contributed by atoms with van der Waals surface area (Å²) in [6.45, 7) is 4.61. The molecule has 0 spiro atoms. The van der Waals surface area contributed by atoms with Gasteiger partial charge in [-0.2, -0.15) is 0 Å². The highest BCUT2D eigenvalue weighted by Gasteiger charge is 2.35. The fourth-order valence-corrected chi connectivity index (χ4v) is 3.43. The van der Waals surface area contributed by atoms with E-state index in [4.69, 9.17) is 16.3 Å². The van der Waals surface area contributed by atoms with Crippen molar-refractivity contribution in [2.24, 2.45) is 0 Å². The van der Waals surface area contributed by atoms with E-state index in [1.54, 1.807) is 54.2 Å². The molecule has 1 aliphatic heterocycles. The number of hydrogen-bond donors (Lipinski definition) is 0. The highest BCUT2D eigenvalue weighted by molar-refractivity contribution is 6.30. The fourth-order valence-electron chi connectivity index (χ4n) is 3.21. The number of methoxy groups -OCH3 is 1. The van der Waals surface area contributed by atoms with Crippen LogP contribution >= 0.6 is 11.6 Å². The number of aryl methyl sites for hydroxylation is 1. The van der Waals surface area contributed by atoms with Gasteiger partial charge in [0.15, 0.2) is 0 Å². The van der Waals surface area contributed by atoms with Gasteiger partial charge in [0.05, 0.1) is 7.11 Å². The first kappa shape index (κ1) is 18.3. The molecule has 0 N–H and O–H groups in total. The van der Waals surface area contributed by atoms with E-state index in [1.807, 2.05) is 19.1 Å². The van der Waals surface area contributed by atoms with Crippen LogP contribution in [-0.4, -0.2) is 43.0 Å². The molecule has 2 aromatic carbocycles. The van der Waals surface area contributed by atoms with E-state index in [1.165, 1.54) is 0 Å². The van der Waals surface area contributed by atoms with Crippen LogP contribution in [0.4, 0.5) is 5.69 Å². The van der Waals surface area contributed by atoms with Crippen molar-refractivity contribution in [3.05, 3.63) is 58.6 Å². The lowest BCUT2D eigenvalue weighted by Crippen LogP contribution is -2.57. The standard InChI is InChI=1S/C20H21ClN2O3/c1-13-12-16(21)6-9-18(13)23-11-10-22(14(2)19(23)24)20(25)15-4-7-17(26-3)8-5-15/h4-9,12,14H,10-11H2,1-3H3. The van der Waals surface area contributed by atoms with Crippen molar-refractivity contribution in [3.63, 3.8) is 0 Å². The fraction of sp³-hybridized carbons (Fsp3) is 0.300. The van der Waals surface area contributed by atoms with Crippen LogP contribution in [0.25, 0.3) is 0 Å². The van der Waals surface area contributed by atoms with Gasteiger partial charge in [-0.1, -0.05) is 11.6 Å². The van der Waals surface area contributed by atoms with Gasteiger partial charge in [-0.05, 0) is 61.9 Å². The summed E-state index contributed by atoms with van der Waals surface area (Å²) in [5.74, 6) is 0.443. The molecule has 5 nitrogen and oxygen atoms in total. The first-order chi connectivity index (χ1) is 12.4. The number of piperazine rings is 1. The smallest absolute Gasteiger partial charge is 0.254 e. The molecule has 1 heterocycles. The van der Waals surface area contributed by atoms with Crippen molar-refractivity contribution < 1.29 is 14.3 Å². The molecule has 2 aromatic rings. The summed E-state index contributed by atoms with van der Waals surface area (Å²) in [7, 11) is 1.58.